The molecule has 0 spiro atoms. The maximum Gasteiger partial charge on any atom is 0.344 e. The second-order valence-corrected chi connectivity index (χ2v) is 3.97. The lowest BCUT2D eigenvalue weighted by Crippen LogP contribution is -2.23. The molecule has 0 fully saturated rings. The van der Waals surface area contributed by atoms with Crippen LogP contribution < -0.4 is 5.69 Å². The van der Waals surface area contributed by atoms with Crippen molar-refractivity contribution in [2.45, 2.75) is 45.4 Å². The Kier molecular flexibility index (Phi) is 3.44. The van der Waals surface area contributed by atoms with Crippen molar-refractivity contribution in [1.82, 2.24) is 9.97 Å². The van der Waals surface area contributed by atoms with Crippen molar-refractivity contribution < 1.29 is 0 Å². The molecule has 0 aliphatic heterocycles. The van der Waals surface area contributed by atoms with Gasteiger partial charge in [-0.25, -0.2) is 9.78 Å². The van der Waals surface area contributed by atoms with Crippen LogP contribution in [-0.4, -0.2) is 9.97 Å². The highest BCUT2D eigenvalue weighted by Gasteiger charge is 2.23. The minimum absolute atomic E-state index is 0.145. The number of nitrogens with one attached hydrogen (secondary N) is 1. The molecule has 0 radical (unpaired) electrons. The second-order valence-electron chi connectivity index (χ2n) is 3.97. The van der Waals surface area contributed by atoms with Gasteiger partial charge in [-0.1, -0.05) is 27.2 Å². The van der Waals surface area contributed by atoms with E-state index in [1.807, 2.05) is 0 Å². The lowest BCUT2D eigenvalue weighted by atomic mass is 9.78. The molecule has 0 aliphatic carbocycles. The van der Waals surface area contributed by atoms with Crippen LogP contribution in [0.2, 0.25) is 0 Å². The van der Waals surface area contributed by atoms with Crippen molar-refractivity contribution in [2.75, 3.05) is 0 Å². The van der Waals surface area contributed by atoms with Crippen LogP contribution >= 0.6 is 0 Å². The van der Waals surface area contributed by atoms with Crippen LogP contribution in [-0.2, 0) is 5.41 Å². The van der Waals surface area contributed by atoms with Gasteiger partial charge in [0.2, 0.25) is 0 Å². The van der Waals surface area contributed by atoms with Crippen LogP contribution in [0.25, 0.3) is 0 Å². The Labute approximate surface area is 84.6 Å². The highest BCUT2D eigenvalue weighted by molar-refractivity contribution is 5.16. The zero-order valence-corrected chi connectivity index (χ0v) is 9.13. The number of hydrogen-bond acceptors (Lipinski definition) is 2. The largest absolute Gasteiger partial charge is 0.344 e. The smallest absolute Gasteiger partial charge is 0.312 e. The van der Waals surface area contributed by atoms with E-state index in [1.54, 1.807) is 12.4 Å². The molecule has 1 N–H and O–H groups in total. The van der Waals surface area contributed by atoms with Crippen molar-refractivity contribution >= 4 is 0 Å². The molecule has 1 aromatic rings. The predicted octanol–water partition coefficient (Wildman–Crippen LogP) is 2.24. The fourth-order valence-electron chi connectivity index (χ4n) is 1.75. The number of aromatic amines is 1. The van der Waals surface area contributed by atoms with Crippen LogP contribution in [0.3, 0.4) is 0 Å². The van der Waals surface area contributed by atoms with E-state index in [1.165, 1.54) is 0 Å². The SMILES string of the molecule is CCCC(C)(CC)c1cnc(=O)[nH]c1. The minimum atomic E-state index is -0.274. The first-order valence-electron chi connectivity index (χ1n) is 5.17. The fourth-order valence-corrected chi connectivity index (χ4v) is 1.75. The van der Waals surface area contributed by atoms with Gasteiger partial charge in [-0.05, 0) is 23.8 Å². The van der Waals surface area contributed by atoms with Crippen LogP contribution in [0, 0.1) is 0 Å². The maximum atomic E-state index is 10.8. The lowest BCUT2D eigenvalue weighted by Gasteiger charge is -2.27. The molecular weight excluding hydrogens is 176 g/mol. The van der Waals surface area contributed by atoms with Gasteiger partial charge in [0, 0.05) is 12.4 Å². The van der Waals surface area contributed by atoms with Crippen molar-refractivity contribution in [3.05, 3.63) is 28.4 Å². The molecule has 14 heavy (non-hydrogen) atoms. The third-order valence-electron chi connectivity index (χ3n) is 2.95. The minimum Gasteiger partial charge on any atom is -0.312 e. The monoisotopic (exact) mass is 194 g/mol. The molecule has 1 unspecified atom stereocenters. The summed E-state index contributed by atoms with van der Waals surface area (Å²) in [4.78, 5) is 17.2. The fraction of sp³-hybridized carbons (Fsp3) is 0.636. The first kappa shape index (κ1) is 11.0. The molecule has 0 amide bonds. The van der Waals surface area contributed by atoms with Gasteiger partial charge in [-0.15, -0.1) is 0 Å². The number of hydrogen-bond donors (Lipinski definition) is 1. The molecule has 1 atom stereocenters. The molecule has 0 bridgehead atoms. The first-order valence-corrected chi connectivity index (χ1v) is 5.17. The molecule has 1 aromatic heterocycles. The quantitative estimate of drug-likeness (QED) is 0.799. The van der Waals surface area contributed by atoms with E-state index in [-0.39, 0.29) is 11.1 Å². The van der Waals surface area contributed by atoms with Crippen molar-refractivity contribution in [3.8, 4) is 0 Å². The van der Waals surface area contributed by atoms with Gasteiger partial charge < -0.3 is 4.98 Å². The zero-order chi connectivity index (χ0) is 10.6. The van der Waals surface area contributed by atoms with Crippen LogP contribution in [0.1, 0.15) is 45.6 Å². The maximum absolute atomic E-state index is 10.8. The van der Waals surface area contributed by atoms with Crippen LogP contribution in [0.15, 0.2) is 17.2 Å². The van der Waals surface area contributed by atoms with Gasteiger partial charge in [0.15, 0.2) is 0 Å². The Morgan fingerprint density at radius 1 is 1.50 bits per heavy atom. The van der Waals surface area contributed by atoms with E-state index in [2.05, 4.69) is 30.7 Å². The highest BCUT2D eigenvalue weighted by Crippen LogP contribution is 2.30. The Morgan fingerprint density at radius 3 is 2.64 bits per heavy atom. The molecular formula is C11H18N2O. The highest BCUT2D eigenvalue weighted by atomic mass is 16.1. The number of aromatic nitrogens is 2. The third kappa shape index (κ3) is 2.22. The molecule has 1 heterocycles. The average molecular weight is 194 g/mol. The van der Waals surface area contributed by atoms with E-state index in [0.29, 0.717) is 0 Å². The molecule has 1 rings (SSSR count). The molecule has 3 heteroatoms. The topological polar surface area (TPSA) is 45.8 Å². The van der Waals surface area contributed by atoms with Gasteiger partial charge in [0.25, 0.3) is 0 Å². The van der Waals surface area contributed by atoms with Gasteiger partial charge in [0.05, 0.1) is 0 Å². The number of nitrogens with zero attached hydrogens (tertiary/aromatic N) is 1. The summed E-state index contributed by atoms with van der Waals surface area (Å²) in [5.41, 5.74) is 0.997. The van der Waals surface area contributed by atoms with Gasteiger partial charge in [-0.3, -0.25) is 0 Å². The standard InChI is InChI=1S/C11H18N2O/c1-4-6-11(3,5-2)9-7-12-10(14)13-8-9/h7-8H,4-6H2,1-3H3,(H,12,13,14). The van der Waals surface area contributed by atoms with E-state index in [9.17, 15) is 4.79 Å². The van der Waals surface area contributed by atoms with E-state index < -0.39 is 0 Å². The Morgan fingerprint density at radius 2 is 2.21 bits per heavy atom. The molecule has 3 nitrogen and oxygen atoms in total. The second kappa shape index (κ2) is 4.40. The summed E-state index contributed by atoms with van der Waals surface area (Å²) in [6.45, 7) is 6.56. The summed E-state index contributed by atoms with van der Waals surface area (Å²) >= 11 is 0. The Hall–Kier alpha value is -1.12. The predicted molar refractivity (Wildman–Crippen MR) is 57.4 cm³/mol. The van der Waals surface area contributed by atoms with E-state index >= 15 is 0 Å². The number of H-pyrrole nitrogens is 1. The third-order valence-corrected chi connectivity index (χ3v) is 2.95. The molecule has 0 saturated carbocycles. The molecule has 78 valence electrons. The average Bonchev–Trinajstić information content (AvgIpc) is 2.19. The zero-order valence-electron chi connectivity index (χ0n) is 9.13. The van der Waals surface area contributed by atoms with Crippen molar-refractivity contribution in [2.24, 2.45) is 0 Å². The molecule has 0 saturated heterocycles. The summed E-state index contributed by atoms with van der Waals surface area (Å²) in [5.74, 6) is 0. The van der Waals surface area contributed by atoms with Crippen LogP contribution in [0.4, 0.5) is 0 Å². The van der Waals surface area contributed by atoms with Gasteiger partial charge >= 0.3 is 5.69 Å². The normalized spacial score (nSPS) is 15.1. The molecule has 0 aliphatic rings. The summed E-state index contributed by atoms with van der Waals surface area (Å²) in [6, 6.07) is 0. The van der Waals surface area contributed by atoms with Crippen molar-refractivity contribution in [1.29, 1.82) is 0 Å². The summed E-state index contributed by atoms with van der Waals surface area (Å²) in [5, 5.41) is 0. The Bertz CT molecular complexity index is 325. The van der Waals surface area contributed by atoms with Crippen LogP contribution in [0.5, 0.6) is 0 Å². The van der Waals surface area contributed by atoms with Gasteiger partial charge in [-0.2, -0.15) is 0 Å². The molecule has 0 aromatic carbocycles. The first-order chi connectivity index (χ1) is 6.62. The Balaban J connectivity index is 2.99. The van der Waals surface area contributed by atoms with E-state index in [0.717, 1.165) is 24.8 Å². The summed E-state index contributed by atoms with van der Waals surface area (Å²) in [7, 11) is 0. The lowest BCUT2D eigenvalue weighted by molar-refractivity contribution is 0.411. The van der Waals surface area contributed by atoms with E-state index in [4.69, 9.17) is 0 Å². The summed E-state index contributed by atoms with van der Waals surface area (Å²) < 4.78 is 0. The van der Waals surface area contributed by atoms with Gasteiger partial charge in [0.1, 0.15) is 0 Å². The van der Waals surface area contributed by atoms with Crippen molar-refractivity contribution in [3.63, 3.8) is 0 Å². The summed E-state index contributed by atoms with van der Waals surface area (Å²) in [6.07, 6.45) is 6.81. The number of rotatable bonds is 4.